The molecule has 0 aromatic heterocycles. The van der Waals surface area contributed by atoms with Gasteiger partial charge >= 0.3 is 0 Å². The van der Waals surface area contributed by atoms with Gasteiger partial charge in [-0.2, -0.15) is 0 Å². The maximum absolute atomic E-state index is 13.2. The zero-order valence-corrected chi connectivity index (χ0v) is 14.2. The first-order chi connectivity index (χ1) is 12.2. The van der Waals surface area contributed by atoms with E-state index in [-0.39, 0.29) is 18.3 Å². The van der Waals surface area contributed by atoms with Gasteiger partial charge in [-0.15, -0.1) is 0 Å². The fourth-order valence-corrected chi connectivity index (χ4v) is 2.98. The Morgan fingerprint density at radius 2 is 1.88 bits per heavy atom. The SMILES string of the molecule is COc1ccccc1N1CCN(C(=O)CNc2cccc(F)c2)CC1. The van der Waals surface area contributed by atoms with E-state index in [1.54, 1.807) is 19.2 Å². The van der Waals surface area contributed by atoms with Crippen molar-refractivity contribution >= 4 is 17.3 Å². The van der Waals surface area contributed by atoms with E-state index in [1.807, 2.05) is 29.2 Å². The van der Waals surface area contributed by atoms with E-state index in [1.165, 1.54) is 12.1 Å². The molecule has 25 heavy (non-hydrogen) atoms. The van der Waals surface area contributed by atoms with E-state index in [0.717, 1.165) is 24.5 Å². The number of rotatable bonds is 5. The molecule has 0 atom stereocenters. The molecule has 1 aliphatic heterocycles. The molecule has 0 spiro atoms. The summed E-state index contributed by atoms with van der Waals surface area (Å²) < 4.78 is 18.6. The third-order valence-corrected chi connectivity index (χ3v) is 4.33. The quantitative estimate of drug-likeness (QED) is 0.906. The molecule has 0 radical (unpaired) electrons. The maximum Gasteiger partial charge on any atom is 0.241 e. The normalized spacial score (nSPS) is 14.3. The van der Waals surface area contributed by atoms with E-state index < -0.39 is 0 Å². The van der Waals surface area contributed by atoms with Crippen LogP contribution >= 0.6 is 0 Å². The molecule has 6 heteroatoms. The highest BCUT2D eigenvalue weighted by molar-refractivity contribution is 5.81. The second-order valence-electron chi connectivity index (χ2n) is 5.90. The topological polar surface area (TPSA) is 44.8 Å². The van der Waals surface area contributed by atoms with Crippen LogP contribution in [0.5, 0.6) is 5.75 Å². The minimum atomic E-state index is -0.317. The fourth-order valence-electron chi connectivity index (χ4n) is 2.98. The summed E-state index contributed by atoms with van der Waals surface area (Å²) in [6, 6.07) is 14.0. The Morgan fingerprint density at radius 1 is 1.12 bits per heavy atom. The third-order valence-electron chi connectivity index (χ3n) is 4.33. The van der Waals surface area contributed by atoms with Crippen LogP contribution in [0.3, 0.4) is 0 Å². The van der Waals surface area contributed by atoms with Crippen molar-refractivity contribution in [2.45, 2.75) is 0 Å². The maximum atomic E-state index is 13.2. The van der Waals surface area contributed by atoms with Crippen molar-refractivity contribution in [3.63, 3.8) is 0 Å². The predicted molar refractivity (Wildman–Crippen MR) is 96.7 cm³/mol. The van der Waals surface area contributed by atoms with Gasteiger partial charge in [0.05, 0.1) is 19.3 Å². The Labute approximate surface area is 147 Å². The number of halogens is 1. The lowest BCUT2D eigenvalue weighted by Crippen LogP contribution is -2.50. The van der Waals surface area contributed by atoms with Crippen molar-refractivity contribution in [1.29, 1.82) is 0 Å². The Morgan fingerprint density at radius 3 is 2.60 bits per heavy atom. The van der Waals surface area contributed by atoms with Gasteiger partial charge in [0, 0.05) is 31.9 Å². The average Bonchev–Trinajstić information content (AvgIpc) is 2.66. The smallest absolute Gasteiger partial charge is 0.241 e. The first-order valence-electron chi connectivity index (χ1n) is 8.32. The Kier molecular flexibility index (Phi) is 5.38. The van der Waals surface area contributed by atoms with E-state index in [0.29, 0.717) is 18.8 Å². The Bertz CT molecular complexity index is 730. The molecule has 1 fully saturated rings. The predicted octanol–water partition coefficient (Wildman–Crippen LogP) is 2.60. The molecule has 1 saturated heterocycles. The summed E-state index contributed by atoms with van der Waals surface area (Å²) >= 11 is 0. The van der Waals surface area contributed by atoms with Crippen LogP contribution in [0.4, 0.5) is 15.8 Å². The lowest BCUT2D eigenvalue weighted by molar-refractivity contribution is -0.129. The zero-order valence-electron chi connectivity index (χ0n) is 14.2. The summed E-state index contributed by atoms with van der Waals surface area (Å²) in [4.78, 5) is 16.4. The second kappa shape index (κ2) is 7.88. The van der Waals surface area contributed by atoms with E-state index >= 15 is 0 Å². The molecular weight excluding hydrogens is 321 g/mol. The van der Waals surface area contributed by atoms with Gasteiger partial charge in [-0.1, -0.05) is 18.2 Å². The highest BCUT2D eigenvalue weighted by Gasteiger charge is 2.22. The van der Waals surface area contributed by atoms with Crippen LogP contribution in [-0.4, -0.2) is 50.6 Å². The molecule has 0 unspecified atom stereocenters. The van der Waals surface area contributed by atoms with Crippen LogP contribution in [0.1, 0.15) is 0 Å². The number of methoxy groups -OCH3 is 1. The number of hydrogen-bond acceptors (Lipinski definition) is 4. The van der Waals surface area contributed by atoms with Crippen molar-refractivity contribution in [3.05, 3.63) is 54.3 Å². The number of para-hydroxylation sites is 2. The van der Waals surface area contributed by atoms with Gasteiger partial charge in [-0.25, -0.2) is 4.39 Å². The van der Waals surface area contributed by atoms with Crippen LogP contribution in [0.15, 0.2) is 48.5 Å². The van der Waals surface area contributed by atoms with Crippen LogP contribution in [0, 0.1) is 5.82 Å². The van der Waals surface area contributed by atoms with Crippen molar-refractivity contribution in [2.75, 3.05) is 50.1 Å². The molecule has 2 aromatic rings. The standard InChI is InChI=1S/C19H22FN3O2/c1-25-18-8-3-2-7-17(18)22-9-11-23(12-10-22)19(24)14-21-16-6-4-5-15(20)13-16/h2-8,13,21H,9-12,14H2,1H3. The first kappa shape index (κ1) is 17.1. The number of hydrogen-bond donors (Lipinski definition) is 1. The summed E-state index contributed by atoms with van der Waals surface area (Å²) in [7, 11) is 1.66. The van der Waals surface area contributed by atoms with Crippen LogP contribution in [0.2, 0.25) is 0 Å². The Hall–Kier alpha value is -2.76. The minimum absolute atomic E-state index is 0.0175. The van der Waals surface area contributed by atoms with E-state index in [2.05, 4.69) is 10.2 Å². The van der Waals surface area contributed by atoms with E-state index in [4.69, 9.17) is 4.74 Å². The van der Waals surface area contributed by atoms with Gasteiger partial charge in [0.15, 0.2) is 0 Å². The van der Waals surface area contributed by atoms with Crippen molar-refractivity contribution in [3.8, 4) is 5.75 Å². The Balaban J connectivity index is 1.52. The number of amides is 1. The molecule has 2 aromatic carbocycles. The largest absolute Gasteiger partial charge is 0.495 e. The summed E-state index contributed by atoms with van der Waals surface area (Å²) in [5, 5.41) is 2.98. The van der Waals surface area contributed by atoms with Crippen molar-refractivity contribution in [1.82, 2.24) is 4.90 Å². The first-order valence-corrected chi connectivity index (χ1v) is 8.32. The number of piperazine rings is 1. The fraction of sp³-hybridized carbons (Fsp3) is 0.316. The molecule has 3 rings (SSSR count). The molecule has 0 saturated carbocycles. The van der Waals surface area contributed by atoms with Gasteiger partial charge in [0.1, 0.15) is 11.6 Å². The monoisotopic (exact) mass is 343 g/mol. The third kappa shape index (κ3) is 4.21. The number of anilines is 2. The van der Waals surface area contributed by atoms with Gasteiger partial charge in [-0.3, -0.25) is 4.79 Å². The molecule has 0 aliphatic carbocycles. The molecule has 1 aliphatic rings. The molecule has 0 bridgehead atoms. The summed E-state index contributed by atoms with van der Waals surface area (Å²) in [5.41, 5.74) is 1.66. The average molecular weight is 343 g/mol. The summed E-state index contributed by atoms with van der Waals surface area (Å²) in [6.07, 6.45) is 0. The highest BCUT2D eigenvalue weighted by atomic mass is 19.1. The molecule has 5 nitrogen and oxygen atoms in total. The molecule has 1 heterocycles. The summed E-state index contributed by atoms with van der Waals surface area (Å²) in [6.45, 7) is 2.99. The number of benzene rings is 2. The minimum Gasteiger partial charge on any atom is -0.495 e. The number of carbonyl (C=O) groups excluding carboxylic acids is 1. The molecular formula is C19H22FN3O2. The van der Waals surface area contributed by atoms with Gasteiger partial charge in [0.25, 0.3) is 0 Å². The van der Waals surface area contributed by atoms with Gasteiger partial charge in [-0.05, 0) is 30.3 Å². The van der Waals surface area contributed by atoms with Gasteiger partial charge < -0.3 is 19.9 Å². The van der Waals surface area contributed by atoms with E-state index in [9.17, 15) is 9.18 Å². The van der Waals surface area contributed by atoms with Crippen LogP contribution in [0.25, 0.3) is 0 Å². The highest BCUT2D eigenvalue weighted by Crippen LogP contribution is 2.28. The number of nitrogens with zero attached hydrogens (tertiary/aromatic N) is 2. The molecule has 132 valence electrons. The van der Waals surface area contributed by atoms with Crippen molar-refractivity contribution in [2.24, 2.45) is 0 Å². The van der Waals surface area contributed by atoms with Crippen molar-refractivity contribution < 1.29 is 13.9 Å². The van der Waals surface area contributed by atoms with Crippen LogP contribution in [-0.2, 0) is 4.79 Å². The number of ether oxygens (including phenoxy) is 1. The van der Waals surface area contributed by atoms with Gasteiger partial charge in [0.2, 0.25) is 5.91 Å². The lowest BCUT2D eigenvalue weighted by Gasteiger charge is -2.36. The molecule has 1 N–H and O–H groups in total. The molecule has 1 amide bonds. The lowest BCUT2D eigenvalue weighted by atomic mass is 10.2. The summed E-state index contributed by atoms with van der Waals surface area (Å²) in [5.74, 6) is 0.543. The number of nitrogens with one attached hydrogen (secondary N) is 1. The number of carbonyl (C=O) groups is 1. The second-order valence-corrected chi connectivity index (χ2v) is 5.90. The van der Waals surface area contributed by atoms with Crippen LogP contribution < -0.4 is 15.0 Å². The zero-order chi connectivity index (χ0) is 17.6.